The van der Waals surface area contributed by atoms with Crippen molar-refractivity contribution in [2.45, 2.75) is 148 Å². The van der Waals surface area contributed by atoms with Gasteiger partial charge in [-0.25, -0.2) is 22.8 Å². The highest BCUT2D eigenvalue weighted by atomic mass is 19.1. The van der Waals surface area contributed by atoms with Crippen LogP contribution in [0.4, 0.5) is 39.8 Å². The molecule has 1 unspecified atom stereocenters. The maximum Gasteiger partial charge on any atom is 0.410 e. The molecule has 0 saturated carbocycles. The fraction of sp³-hybridized carbons (Fsp3) is 0.530. The SMILES string of the molecule is C[C@@H]1COCCN1C[C@H]1CN(C(=O)OC(C)(C)C)[C@H](C)CN1CC(=O)N1C[C@](C)(C(=O)Nc2ccc3c(c2)[C@@H](C(=O)Nc2c(F)cccc2F)N(C(=O)C(NC(=O)[C@H](C)N(C)C(=O)OC(C)(C)C)C2CCOCC2)C3)c2ccc(Cc3ccc(F)cc3)cc21. The van der Waals surface area contributed by atoms with E-state index in [4.69, 9.17) is 18.9 Å². The van der Waals surface area contributed by atoms with Gasteiger partial charge in [0.25, 0.3) is 5.91 Å². The van der Waals surface area contributed by atoms with Crippen molar-refractivity contribution >= 4 is 58.8 Å². The third kappa shape index (κ3) is 15.2. The van der Waals surface area contributed by atoms with Crippen LogP contribution in [0.3, 0.4) is 0 Å². The fourth-order valence-electron chi connectivity index (χ4n) is 12.4. The number of nitrogens with one attached hydrogen (secondary N) is 3. The van der Waals surface area contributed by atoms with Crippen LogP contribution in [0.15, 0.2) is 78.9 Å². The number of morpholine rings is 1. The second-order valence-electron chi connectivity index (χ2n) is 26.5. The van der Waals surface area contributed by atoms with Crippen molar-refractivity contribution in [3.63, 3.8) is 0 Å². The van der Waals surface area contributed by atoms with Crippen LogP contribution in [0.2, 0.25) is 0 Å². The van der Waals surface area contributed by atoms with Crippen molar-refractivity contribution < 1.29 is 65.7 Å². The average molecular weight is 1240 g/mol. The van der Waals surface area contributed by atoms with Crippen LogP contribution in [0.5, 0.6) is 0 Å². The molecular weight excluding hydrogens is 1150 g/mol. The predicted molar refractivity (Wildman–Crippen MR) is 327 cm³/mol. The second kappa shape index (κ2) is 26.8. The van der Waals surface area contributed by atoms with Crippen molar-refractivity contribution in [2.75, 3.05) is 88.3 Å². The molecule has 480 valence electrons. The first-order chi connectivity index (χ1) is 42.0. The van der Waals surface area contributed by atoms with E-state index in [1.165, 1.54) is 37.1 Å². The van der Waals surface area contributed by atoms with Crippen LogP contribution in [-0.4, -0.2) is 180 Å². The lowest BCUT2D eigenvalue weighted by Crippen LogP contribution is -2.64. The Morgan fingerprint density at radius 2 is 1.45 bits per heavy atom. The van der Waals surface area contributed by atoms with Gasteiger partial charge < -0.3 is 49.6 Å². The van der Waals surface area contributed by atoms with E-state index < -0.39 is 93.8 Å². The zero-order valence-corrected chi connectivity index (χ0v) is 52.8. The third-order valence-corrected chi connectivity index (χ3v) is 17.5. The first-order valence-corrected chi connectivity index (χ1v) is 30.6. The highest BCUT2D eigenvalue weighted by Crippen LogP contribution is 2.44. The maximum absolute atomic E-state index is 15.4. The molecular formula is C66H84F3N9O11. The number of carbonyl (C=O) groups is 7. The van der Waals surface area contributed by atoms with Crippen molar-refractivity contribution in [3.8, 4) is 0 Å². The normalized spacial score (nSPS) is 22.3. The molecule has 0 aliphatic carbocycles. The number of nitrogens with zero attached hydrogens (tertiary/aromatic N) is 6. The van der Waals surface area contributed by atoms with Crippen molar-refractivity contribution in [3.05, 3.63) is 124 Å². The van der Waals surface area contributed by atoms with Gasteiger partial charge in [0, 0.05) is 89.0 Å². The van der Waals surface area contributed by atoms with Gasteiger partial charge in [-0.1, -0.05) is 36.4 Å². The van der Waals surface area contributed by atoms with E-state index in [-0.39, 0.29) is 73.9 Å². The topological polar surface area (TPSA) is 212 Å². The van der Waals surface area contributed by atoms with Gasteiger partial charge in [0.15, 0.2) is 0 Å². The molecule has 23 heteroatoms. The number of anilines is 3. The summed E-state index contributed by atoms with van der Waals surface area (Å²) >= 11 is 0. The van der Waals surface area contributed by atoms with Gasteiger partial charge >= 0.3 is 12.2 Å². The third-order valence-electron chi connectivity index (χ3n) is 17.5. The van der Waals surface area contributed by atoms with Crippen LogP contribution < -0.4 is 20.9 Å². The lowest BCUT2D eigenvalue weighted by atomic mass is 9.82. The highest BCUT2D eigenvalue weighted by Gasteiger charge is 2.49. The Morgan fingerprint density at radius 1 is 0.775 bits per heavy atom. The van der Waals surface area contributed by atoms with E-state index in [1.54, 1.807) is 61.8 Å². The molecule has 4 aromatic carbocycles. The second-order valence-corrected chi connectivity index (χ2v) is 26.5. The molecule has 7 atom stereocenters. The molecule has 3 saturated heterocycles. The number of halogens is 3. The van der Waals surface area contributed by atoms with Crippen LogP contribution in [0.25, 0.3) is 0 Å². The summed E-state index contributed by atoms with van der Waals surface area (Å²) < 4.78 is 67.5. The van der Waals surface area contributed by atoms with Gasteiger partial charge in [-0.3, -0.25) is 38.7 Å². The Labute approximate surface area is 518 Å². The molecule has 5 aliphatic rings. The number of ether oxygens (including phenoxy) is 4. The van der Waals surface area contributed by atoms with Gasteiger partial charge in [0.05, 0.1) is 25.2 Å². The van der Waals surface area contributed by atoms with E-state index in [2.05, 4.69) is 32.7 Å². The van der Waals surface area contributed by atoms with E-state index in [1.807, 2.05) is 45.9 Å². The number of amides is 7. The summed E-state index contributed by atoms with van der Waals surface area (Å²) in [5, 5.41) is 8.30. The fourth-order valence-corrected chi connectivity index (χ4v) is 12.4. The minimum atomic E-state index is -1.56. The summed E-state index contributed by atoms with van der Waals surface area (Å²) in [7, 11) is 1.40. The Morgan fingerprint density at radius 3 is 2.11 bits per heavy atom. The number of hydrogen-bond donors (Lipinski definition) is 3. The van der Waals surface area contributed by atoms with E-state index in [0.29, 0.717) is 75.5 Å². The highest BCUT2D eigenvalue weighted by molar-refractivity contribution is 6.07. The minimum absolute atomic E-state index is 0.0588. The number of benzene rings is 4. The summed E-state index contributed by atoms with van der Waals surface area (Å²) in [6.45, 7) is 20.9. The lowest BCUT2D eigenvalue weighted by molar-refractivity contribution is -0.144. The number of fused-ring (bicyclic) bond motifs is 2. The molecule has 9 rings (SSSR count). The van der Waals surface area contributed by atoms with Crippen LogP contribution >= 0.6 is 0 Å². The number of piperazine rings is 1. The molecule has 0 spiro atoms. The molecule has 0 radical (unpaired) electrons. The summed E-state index contributed by atoms with van der Waals surface area (Å²) in [4.78, 5) is 112. The molecule has 5 aliphatic heterocycles. The van der Waals surface area contributed by atoms with Crippen molar-refractivity contribution in [1.29, 1.82) is 0 Å². The number of hydrogen-bond acceptors (Lipinski definition) is 13. The summed E-state index contributed by atoms with van der Waals surface area (Å²) in [6, 6.07) is 15.1. The zero-order chi connectivity index (χ0) is 64.4. The summed E-state index contributed by atoms with van der Waals surface area (Å²) in [6.07, 6.45) is -0.119. The van der Waals surface area contributed by atoms with Crippen LogP contribution in [0.1, 0.15) is 116 Å². The molecule has 7 amide bonds. The quantitative estimate of drug-likeness (QED) is 0.103. The lowest BCUT2D eigenvalue weighted by Gasteiger charge is -2.47. The molecule has 5 heterocycles. The summed E-state index contributed by atoms with van der Waals surface area (Å²) in [5.41, 5.74) is -0.195. The molecule has 0 bridgehead atoms. The van der Waals surface area contributed by atoms with Crippen LogP contribution in [-0.2, 0) is 61.3 Å². The van der Waals surface area contributed by atoms with Crippen LogP contribution in [0, 0.1) is 23.4 Å². The first-order valence-electron chi connectivity index (χ1n) is 30.6. The van der Waals surface area contributed by atoms with E-state index >= 15 is 23.2 Å². The van der Waals surface area contributed by atoms with Gasteiger partial charge in [-0.15, -0.1) is 0 Å². The van der Waals surface area contributed by atoms with Gasteiger partial charge in [-0.2, -0.15) is 0 Å². The Balaban J connectivity index is 1.02. The number of carbonyl (C=O) groups excluding carboxylic acids is 7. The van der Waals surface area contributed by atoms with E-state index in [0.717, 1.165) is 34.2 Å². The smallest absolute Gasteiger partial charge is 0.410 e. The maximum atomic E-state index is 15.4. The molecule has 3 N–H and O–H groups in total. The summed E-state index contributed by atoms with van der Waals surface area (Å²) in [5.74, 6) is -6.17. The van der Waals surface area contributed by atoms with Gasteiger partial charge in [0.1, 0.15) is 52.5 Å². The van der Waals surface area contributed by atoms with E-state index in [9.17, 15) is 23.6 Å². The van der Waals surface area contributed by atoms with Gasteiger partial charge in [0.2, 0.25) is 23.6 Å². The Bertz CT molecular complexity index is 3300. The van der Waals surface area contributed by atoms with Crippen molar-refractivity contribution in [1.82, 2.24) is 29.8 Å². The van der Waals surface area contributed by atoms with Gasteiger partial charge in [-0.05, 0) is 165 Å². The molecule has 0 aromatic heterocycles. The monoisotopic (exact) mass is 1240 g/mol. The van der Waals surface area contributed by atoms with Crippen molar-refractivity contribution in [2.24, 2.45) is 5.92 Å². The number of likely N-dealkylation sites (N-methyl/N-ethyl adjacent to an activating group) is 1. The molecule has 20 nitrogen and oxygen atoms in total. The average Bonchev–Trinajstić information content (AvgIpc) is 1.64. The Hall–Kier alpha value is -7.60. The Kier molecular flexibility index (Phi) is 19.9. The largest absolute Gasteiger partial charge is 0.444 e. The first kappa shape index (κ1) is 65.8. The predicted octanol–water partition coefficient (Wildman–Crippen LogP) is 8.16. The standard InChI is InChI=1S/C66H84F3N9O11/c1-39-32-75(48(34-74-25-28-87-37-40(74)2)35-76(39)63(85)89-65(7,8)9)36-54(79)78-38-66(10,50-22-17-43(30-53(50)78)29-42-15-19-46(67)20-16-42)61(83)70-47-21-18-45-33-77(57(49(45)31-47)59(81)72-56-51(68)13-12-14-52(56)69)60(82)55(44-23-26-86-27-24-44)71-58(80)41(3)73(11)62(84)88-64(4,5)6/h12-22,30-31,39-41,44,48,55,57H,23-29,32-38H2,1-11H3,(H,70,83)(H,71,80)(H,72,81)/t39-,40-,41+,48+,55?,57+,66+/m1/s1. The molecule has 4 aromatic rings. The molecule has 3 fully saturated rings. The minimum Gasteiger partial charge on any atom is -0.444 e. The zero-order valence-electron chi connectivity index (χ0n) is 52.8. The number of rotatable bonds is 15. The molecule has 89 heavy (non-hydrogen) atoms. The number of para-hydroxylation sites is 1.